The van der Waals surface area contributed by atoms with E-state index in [0.717, 1.165) is 28.9 Å². The zero-order chi connectivity index (χ0) is 31.9. The summed E-state index contributed by atoms with van der Waals surface area (Å²) in [5, 5.41) is 1.54. The Morgan fingerprint density at radius 1 is 1.02 bits per heavy atom. The molecule has 1 N–H and O–H groups in total. The number of allylic oxidation sites excluding steroid dienone is 1. The standard InChI is InChI=1S/C34H37N3O7S/c1-34(2,3)44-33(41)35-26-30(39)37-27(32(40)43-28(22-10-6-4-7-11-22)23-12-8-5-9-13-23)25(20-45(42)31(26)37)18-24-16-17-36(29(24)38)19-21-14-15-21/h4-13,18,21,26,28,31H,14-17,19-20H2,1-3H3,(H,35,41)/b24-18+/t26-,31-,45+/m1/s1. The van der Waals surface area contributed by atoms with Gasteiger partial charge in [-0.3, -0.25) is 18.7 Å². The van der Waals surface area contributed by atoms with Gasteiger partial charge >= 0.3 is 12.1 Å². The summed E-state index contributed by atoms with van der Waals surface area (Å²) < 4.78 is 25.1. The molecule has 0 spiro atoms. The molecule has 0 radical (unpaired) electrons. The number of amides is 3. The number of rotatable bonds is 8. The van der Waals surface area contributed by atoms with Crippen LogP contribution in [0.3, 0.4) is 0 Å². The monoisotopic (exact) mass is 631 g/mol. The fourth-order valence-corrected chi connectivity index (χ4v) is 7.51. The topological polar surface area (TPSA) is 122 Å². The van der Waals surface area contributed by atoms with Gasteiger partial charge in [-0.25, -0.2) is 9.59 Å². The Kier molecular flexibility index (Phi) is 8.39. The van der Waals surface area contributed by atoms with Gasteiger partial charge in [-0.1, -0.05) is 60.7 Å². The smallest absolute Gasteiger partial charge is 0.408 e. The van der Waals surface area contributed by atoms with E-state index in [1.165, 1.54) is 0 Å². The molecule has 10 nitrogen and oxygen atoms in total. The molecule has 2 aromatic carbocycles. The zero-order valence-corrected chi connectivity index (χ0v) is 26.4. The third-order valence-electron chi connectivity index (χ3n) is 8.19. The van der Waals surface area contributed by atoms with Crippen molar-refractivity contribution >= 4 is 34.7 Å². The lowest BCUT2D eigenvalue weighted by Gasteiger charge is -2.49. The van der Waals surface area contributed by atoms with Crippen LogP contribution < -0.4 is 5.32 Å². The lowest BCUT2D eigenvalue weighted by molar-refractivity contribution is -0.153. The van der Waals surface area contributed by atoms with Crippen molar-refractivity contribution < 1.29 is 32.9 Å². The molecule has 2 saturated heterocycles. The van der Waals surface area contributed by atoms with Gasteiger partial charge in [0.2, 0.25) is 5.91 Å². The van der Waals surface area contributed by atoms with Gasteiger partial charge in [0.05, 0.1) is 16.6 Å². The first-order valence-electron chi connectivity index (χ1n) is 15.2. The van der Waals surface area contributed by atoms with Gasteiger partial charge in [0, 0.05) is 18.7 Å². The number of hydrogen-bond donors (Lipinski definition) is 1. The number of β-lactam (4-membered cyclic amide) rings is 1. The van der Waals surface area contributed by atoms with E-state index in [4.69, 9.17) is 9.47 Å². The molecular weight excluding hydrogens is 594 g/mol. The van der Waals surface area contributed by atoms with E-state index < -0.39 is 51.9 Å². The average molecular weight is 632 g/mol. The van der Waals surface area contributed by atoms with E-state index in [9.17, 15) is 23.4 Å². The first kappa shape index (κ1) is 30.8. The molecule has 236 valence electrons. The number of benzene rings is 2. The number of nitrogens with zero attached hydrogens (tertiary/aromatic N) is 2. The van der Waals surface area contributed by atoms with Crippen molar-refractivity contribution in [3.05, 3.63) is 94.7 Å². The van der Waals surface area contributed by atoms with Crippen LogP contribution in [-0.4, -0.2) is 73.7 Å². The molecule has 3 aliphatic heterocycles. The Balaban J connectivity index is 1.35. The number of alkyl carbamates (subject to hydrolysis) is 1. The molecule has 1 saturated carbocycles. The molecule has 0 unspecified atom stereocenters. The molecule has 0 aromatic heterocycles. The van der Waals surface area contributed by atoms with Gasteiger partial charge in [0.25, 0.3) is 5.91 Å². The van der Waals surface area contributed by atoms with Crippen molar-refractivity contribution in [2.75, 3.05) is 18.8 Å². The highest BCUT2D eigenvalue weighted by atomic mass is 32.2. The highest BCUT2D eigenvalue weighted by Gasteiger charge is 2.58. The molecule has 45 heavy (non-hydrogen) atoms. The van der Waals surface area contributed by atoms with Gasteiger partial charge < -0.3 is 19.7 Å². The lowest BCUT2D eigenvalue weighted by atomic mass is 10.00. The number of nitrogens with one attached hydrogen (secondary N) is 1. The van der Waals surface area contributed by atoms with Crippen molar-refractivity contribution in [3.8, 4) is 0 Å². The van der Waals surface area contributed by atoms with Crippen molar-refractivity contribution in [1.29, 1.82) is 0 Å². The first-order chi connectivity index (χ1) is 21.5. The Labute approximate surface area is 264 Å². The molecule has 3 heterocycles. The maximum atomic E-state index is 14.2. The fraction of sp³-hybridized carbons (Fsp3) is 0.412. The normalized spacial score (nSPS) is 24.1. The first-order valence-corrected chi connectivity index (χ1v) is 16.6. The van der Waals surface area contributed by atoms with Gasteiger partial charge in [-0.15, -0.1) is 0 Å². The minimum absolute atomic E-state index is 0.0651. The maximum absolute atomic E-state index is 14.2. The van der Waals surface area contributed by atoms with Crippen LogP contribution >= 0.6 is 0 Å². The summed E-state index contributed by atoms with van der Waals surface area (Å²) in [6.07, 6.45) is 2.72. The predicted octanol–water partition coefficient (Wildman–Crippen LogP) is 3.97. The lowest BCUT2D eigenvalue weighted by Crippen LogP contribution is -2.73. The van der Waals surface area contributed by atoms with E-state index in [2.05, 4.69) is 5.32 Å². The highest BCUT2D eigenvalue weighted by molar-refractivity contribution is 7.86. The summed E-state index contributed by atoms with van der Waals surface area (Å²) in [6.45, 7) is 6.37. The molecule has 1 aliphatic carbocycles. The molecule has 6 rings (SSSR count). The number of esters is 1. The molecule has 3 amide bonds. The number of fused-ring (bicyclic) bond motifs is 1. The van der Waals surface area contributed by atoms with Crippen molar-refractivity contribution in [2.45, 2.75) is 63.2 Å². The summed E-state index contributed by atoms with van der Waals surface area (Å²) in [6, 6.07) is 17.4. The number of ether oxygens (including phenoxy) is 2. The summed E-state index contributed by atoms with van der Waals surface area (Å²) >= 11 is 0. The van der Waals surface area contributed by atoms with Crippen molar-refractivity contribution in [2.24, 2.45) is 5.92 Å². The van der Waals surface area contributed by atoms with Crippen LogP contribution in [0.5, 0.6) is 0 Å². The molecule has 0 bridgehead atoms. The third-order valence-corrected chi connectivity index (χ3v) is 9.80. The second-order valence-electron chi connectivity index (χ2n) is 12.8. The van der Waals surface area contributed by atoms with Crippen LogP contribution in [0.15, 0.2) is 83.6 Å². The number of carbonyl (C=O) groups is 4. The average Bonchev–Trinajstić information content (AvgIpc) is 3.77. The predicted molar refractivity (Wildman–Crippen MR) is 167 cm³/mol. The van der Waals surface area contributed by atoms with Gasteiger partial charge in [0.15, 0.2) is 6.10 Å². The summed E-state index contributed by atoms with van der Waals surface area (Å²) in [5.41, 5.74) is 1.40. The van der Waals surface area contributed by atoms with Gasteiger partial charge in [-0.05, 0) is 68.7 Å². The summed E-state index contributed by atoms with van der Waals surface area (Å²) in [4.78, 5) is 56.6. The van der Waals surface area contributed by atoms with Crippen LogP contribution in [0, 0.1) is 5.92 Å². The number of hydrogen-bond acceptors (Lipinski definition) is 7. The van der Waals surface area contributed by atoms with E-state index in [1.807, 2.05) is 65.6 Å². The zero-order valence-electron chi connectivity index (χ0n) is 25.6. The summed E-state index contributed by atoms with van der Waals surface area (Å²) in [5.74, 6) is -1.06. The molecule has 3 atom stereocenters. The highest BCUT2D eigenvalue weighted by Crippen LogP contribution is 2.39. The Morgan fingerprint density at radius 2 is 1.64 bits per heavy atom. The van der Waals surface area contributed by atoms with E-state index in [-0.39, 0.29) is 17.4 Å². The Hall–Kier alpha value is -4.25. The van der Waals surface area contributed by atoms with Crippen LogP contribution in [0.4, 0.5) is 4.79 Å². The third kappa shape index (κ3) is 6.58. The van der Waals surface area contributed by atoms with E-state index >= 15 is 0 Å². The SMILES string of the molecule is CC(C)(C)OC(=O)N[C@@H]1C(=O)N2C(C(=O)OC(c3ccccc3)c3ccccc3)=C(/C=C3\CCN(CC4CC4)C3=O)C[S@](=O)[C@H]12. The van der Waals surface area contributed by atoms with E-state index in [0.29, 0.717) is 36.6 Å². The Bertz CT molecular complexity index is 1550. The molecule has 4 aliphatic rings. The molecular formula is C34H37N3O7S. The Morgan fingerprint density at radius 3 is 2.22 bits per heavy atom. The quantitative estimate of drug-likeness (QED) is 0.266. The second-order valence-corrected chi connectivity index (χ2v) is 14.4. The molecule has 2 aromatic rings. The van der Waals surface area contributed by atoms with Crippen LogP contribution in [0.1, 0.15) is 57.3 Å². The van der Waals surface area contributed by atoms with Crippen molar-refractivity contribution in [1.82, 2.24) is 15.1 Å². The maximum Gasteiger partial charge on any atom is 0.408 e. The minimum atomic E-state index is -1.69. The largest absolute Gasteiger partial charge is 0.448 e. The van der Waals surface area contributed by atoms with E-state index in [1.54, 1.807) is 26.8 Å². The van der Waals surface area contributed by atoms with Crippen LogP contribution in [0.2, 0.25) is 0 Å². The number of carbonyl (C=O) groups excluding carboxylic acids is 4. The summed E-state index contributed by atoms with van der Waals surface area (Å²) in [7, 11) is -1.69. The molecule has 3 fully saturated rings. The van der Waals surface area contributed by atoms with Gasteiger partial charge in [0.1, 0.15) is 22.7 Å². The number of likely N-dealkylation sites (tertiary alicyclic amines) is 1. The van der Waals surface area contributed by atoms with Gasteiger partial charge in [-0.2, -0.15) is 0 Å². The minimum Gasteiger partial charge on any atom is -0.448 e. The molecule has 11 heteroatoms. The van der Waals surface area contributed by atoms with Crippen LogP contribution in [-0.2, 0) is 34.7 Å². The second kappa shape index (κ2) is 12.3. The van der Waals surface area contributed by atoms with Crippen LogP contribution in [0.25, 0.3) is 0 Å². The fourth-order valence-electron chi connectivity index (χ4n) is 5.88. The van der Waals surface area contributed by atoms with Crippen molar-refractivity contribution in [3.63, 3.8) is 0 Å².